The second-order valence-electron chi connectivity index (χ2n) is 2.56. The summed E-state index contributed by atoms with van der Waals surface area (Å²) in [5.41, 5.74) is -0.159. The first-order chi connectivity index (χ1) is 6.61. The molecule has 0 heterocycles. The second-order valence-corrected chi connectivity index (χ2v) is 2.56. The predicted molar refractivity (Wildman–Crippen MR) is 46.4 cm³/mol. The average molecular weight is 196 g/mol. The van der Waals surface area contributed by atoms with Crippen LogP contribution in [0.3, 0.4) is 0 Å². The zero-order chi connectivity index (χ0) is 10.6. The highest BCUT2D eigenvalue weighted by Crippen LogP contribution is 2.05. The van der Waals surface area contributed by atoms with Gasteiger partial charge in [-0.25, -0.2) is 4.39 Å². The van der Waals surface area contributed by atoms with Gasteiger partial charge in [-0.3, -0.25) is 9.59 Å². The lowest BCUT2D eigenvalue weighted by Crippen LogP contribution is -2.29. The van der Waals surface area contributed by atoms with E-state index in [1.807, 2.05) is 0 Å². The number of carboxylic acids is 1. The summed E-state index contributed by atoms with van der Waals surface area (Å²) in [6.07, 6.45) is 0. The largest absolute Gasteiger partial charge is 0.480 e. The highest BCUT2D eigenvalue weighted by atomic mass is 18.2. The number of nitrogens with one attached hydrogen (secondary N) is 1. The van der Waals surface area contributed by atoms with Crippen LogP contribution in [0.15, 0.2) is 24.3 Å². The van der Waals surface area contributed by atoms with Gasteiger partial charge < -0.3 is 10.4 Å². The standard InChI is InChI=1S/C9H8FNO3/c10-7-4-2-1-3-6(7)9(14)11-5-8(12)13/h1-4H,5H2,(H,11,14)(H,12,13)/i10-1. The van der Waals surface area contributed by atoms with Crippen molar-refractivity contribution in [2.75, 3.05) is 6.54 Å². The average Bonchev–Trinajstić information content (AvgIpc) is 2.15. The van der Waals surface area contributed by atoms with Gasteiger partial charge in [-0.1, -0.05) is 12.1 Å². The summed E-state index contributed by atoms with van der Waals surface area (Å²) in [4.78, 5) is 21.3. The zero-order valence-electron chi connectivity index (χ0n) is 7.16. The van der Waals surface area contributed by atoms with Crippen molar-refractivity contribution in [1.29, 1.82) is 0 Å². The van der Waals surface area contributed by atoms with E-state index in [1.165, 1.54) is 18.2 Å². The predicted octanol–water partition coefficient (Wildman–Crippen LogP) is 0.640. The lowest BCUT2D eigenvalue weighted by atomic mass is 10.2. The molecule has 1 aromatic rings. The third-order valence-electron chi connectivity index (χ3n) is 1.52. The van der Waals surface area contributed by atoms with Crippen molar-refractivity contribution in [3.63, 3.8) is 0 Å². The van der Waals surface area contributed by atoms with Crippen molar-refractivity contribution in [1.82, 2.24) is 5.32 Å². The Hall–Kier alpha value is -1.91. The van der Waals surface area contributed by atoms with Gasteiger partial charge in [0.15, 0.2) is 0 Å². The minimum atomic E-state index is -1.17. The SMILES string of the molecule is O=C(O)CNC(=O)c1ccccc1[18F]. The molecule has 0 unspecified atom stereocenters. The second kappa shape index (κ2) is 4.36. The molecule has 0 aliphatic heterocycles. The van der Waals surface area contributed by atoms with Gasteiger partial charge in [0.05, 0.1) is 5.56 Å². The molecular formula is C9H8FNO3. The fraction of sp³-hybridized carbons (Fsp3) is 0.111. The Balaban J connectivity index is 2.70. The Bertz CT molecular complexity index is 365. The Labute approximate surface area is 79.4 Å². The number of rotatable bonds is 3. The number of carbonyl (C=O) groups is 2. The number of benzene rings is 1. The number of hydrogen-bond donors (Lipinski definition) is 2. The number of amides is 1. The van der Waals surface area contributed by atoms with Gasteiger partial charge >= 0.3 is 5.97 Å². The molecule has 0 spiro atoms. The fourth-order valence-electron chi connectivity index (χ4n) is 0.896. The van der Waals surface area contributed by atoms with E-state index in [2.05, 4.69) is 5.32 Å². The highest BCUT2D eigenvalue weighted by molar-refractivity contribution is 5.95. The maximum atomic E-state index is 13.0. The van der Waals surface area contributed by atoms with Gasteiger partial charge in [-0.15, -0.1) is 0 Å². The van der Waals surface area contributed by atoms with Crippen LogP contribution in [0.4, 0.5) is 4.39 Å². The van der Waals surface area contributed by atoms with Crippen LogP contribution in [-0.2, 0) is 4.79 Å². The number of aliphatic carboxylic acids is 1. The molecule has 0 bridgehead atoms. The lowest BCUT2D eigenvalue weighted by molar-refractivity contribution is -0.135. The van der Waals surface area contributed by atoms with Crippen LogP contribution >= 0.6 is 0 Å². The maximum Gasteiger partial charge on any atom is 0.322 e. The van der Waals surface area contributed by atoms with Crippen molar-refractivity contribution in [2.45, 2.75) is 0 Å². The first-order valence-electron chi connectivity index (χ1n) is 3.86. The zero-order valence-corrected chi connectivity index (χ0v) is 7.16. The summed E-state index contributed by atoms with van der Waals surface area (Å²) < 4.78 is 13.0. The molecule has 0 aliphatic carbocycles. The molecule has 0 saturated carbocycles. The van der Waals surface area contributed by atoms with Crippen LogP contribution in [0, 0.1) is 5.82 Å². The van der Waals surface area contributed by atoms with E-state index in [1.54, 1.807) is 0 Å². The smallest absolute Gasteiger partial charge is 0.322 e. The topological polar surface area (TPSA) is 66.4 Å². The van der Waals surface area contributed by atoms with E-state index in [4.69, 9.17) is 5.11 Å². The number of hydrogen-bond acceptors (Lipinski definition) is 2. The van der Waals surface area contributed by atoms with Crippen molar-refractivity contribution in [2.24, 2.45) is 0 Å². The van der Waals surface area contributed by atoms with Gasteiger partial charge in [0, 0.05) is 0 Å². The van der Waals surface area contributed by atoms with Gasteiger partial charge in [-0.2, -0.15) is 0 Å². The molecule has 2 N–H and O–H groups in total. The molecule has 0 aromatic heterocycles. The molecule has 1 amide bonds. The van der Waals surface area contributed by atoms with Crippen molar-refractivity contribution >= 4 is 11.9 Å². The molecule has 5 heteroatoms. The summed E-state index contributed by atoms with van der Waals surface area (Å²) >= 11 is 0. The first-order valence-corrected chi connectivity index (χ1v) is 3.86. The van der Waals surface area contributed by atoms with Crippen molar-refractivity contribution in [3.05, 3.63) is 35.6 Å². The molecule has 0 radical (unpaired) electrons. The van der Waals surface area contributed by atoms with Crippen molar-refractivity contribution < 1.29 is 19.1 Å². The van der Waals surface area contributed by atoms with E-state index in [9.17, 15) is 14.0 Å². The molecule has 0 atom stereocenters. The molecule has 1 aromatic carbocycles. The van der Waals surface area contributed by atoms with Crippen LogP contribution < -0.4 is 5.32 Å². The molecule has 0 aliphatic rings. The van der Waals surface area contributed by atoms with Crippen LogP contribution in [-0.4, -0.2) is 23.5 Å². The maximum absolute atomic E-state index is 13.0. The third kappa shape index (κ3) is 2.55. The van der Waals surface area contributed by atoms with E-state index < -0.39 is 24.2 Å². The summed E-state index contributed by atoms with van der Waals surface area (Å²) in [6.45, 7) is -0.521. The molecule has 0 saturated heterocycles. The minimum Gasteiger partial charge on any atom is -0.480 e. The lowest BCUT2D eigenvalue weighted by Gasteiger charge is -2.02. The summed E-state index contributed by atoms with van der Waals surface area (Å²) in [7, 11) is 0. The van der Waals surface area contributed by atoms with Crippen molar-refractivity contribution in [3.8, 4) is 0 Å². The van der Waals surface area contributed by atoms with E-state index >= 15 is 0 Å². The Morgan fingerprint density at radius 2 is 2.00 bits per heavy atom. The quantitative estimate of drug-likeness (QED) is 0.745. The Kier molecular flexibility index (Phi) is 3.17. The van der Waals surface area contributed by atoms with Gasteiger partial charge in [0.2, 0.25) is 0 Å². The third-order valence-corrected chi connectivity index (χ3v) is 1.52. The highest BCUT2D eigenvalue weighted by Gasteiger charge is 2.10. The first kappa shape index (κ1) is 10.2. The summed E-state index contributed by atoms with van der Waals surface area (Å²) in [5, 5.41) is 10.3. The minimum absolute atomic E-state index is 0.159. The van der Waals surface area contributed by atoms with E-state index in [0.717, 1.165) is 6.07 Å². The Morgan fingerprint density at radius 3 is 2.57 bits per heavy atom. The van der Waals surface area contributed by atoms with Gasteiger partial charge in [-0.05, 0) is 12.1 Å². The van der Waals surface area contributed by atoms with Crippen LogP contribution in [0.2, 0.25) is 0 Å². The molecule has 0 fully saturated rings. The van der Waals surface area contributed by atoms with Gasteiger partial charge in [0.25, 0.3) is 5.91 Å². The van der Waals surface area contributed by atoms with Crippen LogP contribution in [0.5, 0.6) is 0 Å². The van der Waals surface area contributed by atoms with Gasteiger partial charge in [0.1, 0.15) is 12.4 Å². The van der Waals surface area contributed by atoms with Crippen LogP contribution in [0.25, 0.3) is 0 Å². The van der Waals surface area contributed by atoms with Crippen LogP contribution in [0.1, 0.15) is 10.4 Å². The molecular weight excluding hydrogens is 188 g/mol. The normalized spacial score (nSPS) is 9.50. The number of carboxylic acid groups (broad SMARTS) is 1. The molecule has 4 nitrogen and oxygen atoms in total. The summed E-state index contributed by atoms with van der Waals surface area (Å²) in [5.74, 6) is -2.57. The molecule has 74 valence electrons. The fourth-order valence-corrected chi connectivity index (χ4v) is 0.896. The summed E-state index contributed by atoms with van der Waals surface area (Å²) in [6, 6.07) is 5.37. The number of carbonyl (C=O) groups excluding carboxylic acids is 1. The number of halogens is 1. The molecule has 1 rings (SSSR count). The van der Waals surface area contributed by atoms with E-state index in [-0.39, 0.29) is 5.56 Å². The van der Waals surface area contributed by atoms with E-state index in [0.29, 0.717) is 0 Å². The monoisotopic (exact) mass is 196 g/mol. The Morgan fingerprint density at radius 1 is 1.36 bits per heavy atom. The molecule has 14 heavy (non-hydrogen) atoms.